The number of rotatable bonds is 8. The fraction of sp³-hybridized carbons (Fsp3) is 0.533. The van der Waals surface area contributed by atoms with E-state index in [1.807, 2.05) is 19.9 Å². The van der Waals surface area contributed by atoms with Crippen molar-refractivity contribution in [1.82, 2.24) is 0 Å². The van der Waals surface area contributed by atoms with Crippen LogP contribution in [0.25, 0.3) is 0 Å². The van der Waals surface area contributed by atoms with Crippen molar-refractivity contribution in [2.75, 3.05) is 0 Å². The molecule has 1 heteroatoms. The highest BCUT2D eigenvalue weighted by molar-refractivity contribution is 5.00. The normalized spacial score (nSPS) is 13.8. The van der Waals surface area contributed by atoms with Gasteiger partial charge in [0.25, 0.3) is 0 Å². The van der Waals surface area contributed by atoms with Gasteiger partial charge in [0.05, 0.1) is 12.0 Å². The molecule has 0 aliphatic heterocycles. The van der Waals surface area contributed by atoms with Gasteiger partial charge in [0, 0.05) is 0 Å². The minimum atomic E-state index is 0.0960. The molecule has 0 heterocycles. The van der Waals surface area contributed by atoms with Crippen LogP contribution < -0.4 is 0 Å². The Kier molecular flexibility index (Phi) is 10.8. The molecule has 1 atom stereocenters. The van der Waals surface area contributed by atoms with Crippen LogP contribution in [0.4, 0.5) is 0 Å². The number of nitrogens with zero attached hydrogens (tertiary/aromatic N) is 1. The van der Waals surface area contributed by atoms with Crippen LogP contribution in [-0.4, -0.2) is 0 Å². The third kappa shape index (κ3) is 9.27. The number of nitriles is 1. The molecule has 0 saturated carbocycles. The maximum Gasteiger partial charge on any atom is 0.0697 e. The Bertz CT molecular complexity index is 266. The van der Waals surface area contributed by atoms with Gasteiger partial charge < -0.3 is 0 Å². The molecule has 0 fully saturated rings. The molecule has 1 unspecified atom stereocenters. The fourth-order valence-electron chi connectivity index (χ4n) is 1.32. The molecule has 0 spiro atoms. The first-order chi connectivity index (χ1) is 7.85. The maximum absolute atomic E-state index is 8.73. The van der Waals surface area contributed by atoms with Gasteiger partial charge in [-0.2, -0.15) is 5.26 Å². The summed E-state index contributed by atoms with van der Waals surface area (Å²) in [6.45, 7) is 4.09. The zero-order valence-corrected chi connectivity index (χ0v) is 10.5. The van der Waals surface area contributed by atoms with Crippen molar-refractivity contribution in [3.05, 3.63) is 36.5 Å². The monoisotopic (exact) mass is 217 g/mol. The van der Waals surface area contributed by atoms with Gasteiger partial charge in [-0.15, -0.1) is 0 Å². The Morgan fingerprint density at radius 3 is 2.06 bits per heavy atom. The topological polar surface area (TPSA) is 23.8 Å². The highest BCUT2D eigenvalue weighted by atomic mass is 14.3. The van der Waals surface area contributed by atoms with Gasteiger partial charge in [-0.25, -0.2) is 0 Å². The van der Waals surface area contributed by atoms with Crippen molar-refractivity contribution in [2.45, 2.75) is 46.0 Å². The van der Waals surface area contributed by atoms with E-state index in [1.54, 1.807) is 0 Å². The molecule has 0 aliphatic carbocycles. The Labute approximate surface area is 100 Å². The summed E-state index contributed by atoms with van der Waals surface area (Å²) >= 11 is 0. The SMILES string of the molecule is CC=CCCC=CCCC=CC(C#N)CC. The largest absolute Gasteiger partial charge is 0.198 e. The van der Waals surface area contributed by atoms with E-state index in [4.69, 9.17) is 5.26 Å². The zero-order valence-electron chi connectivity index (χ0n) is 10.5. The Hall–Kier alpha value is -1.29. The van der Waals surface area contributed by atoms with Crippen LogP contribution in [0.5, 0.6) is 0 Å². The van der Waals surface area contributed by atoms with Crippen LogP contribution in [0.2, 0.25) is 0 Å². The van der Waals surface area contributed by atoms with E-state index in [-0.39, 0.29) is 5.92 Å². The van der Waals surface area contributed by atoms with Gasteiger partial charge in [-0.05, 0) is 39.0 Å². The molecular formula is C15H23N. The van der Waals surface area contributed by atoms with E-state index < -0.39 is 0 Å². The molecule has 0 radical (unpaired) electrons. The summed E-state index contributed by atoms with van der Waals surface area (Å²) < 4.78 is 0. The molecule has 0 aromatic rings. The summed E-state index contributed by atoms with van der Waals surface area (Å²) in [5.74, 6) is 0.0960. The highest BCUT2D eigenvalue weighted by Gasteiger charge is 1.95. The van der Waals surface area contributed by atoms with E-state index >= 15 is 0 Å². The van der Waals surface area contributed by atoms with E-state index in [0.29, 0.717) is 0 Å². The lowest BCUT2D eigenvalue weighted by Crippen LogP contribution is -1.87. The van der Waals surface area contributed by atoms with E-state index in [9.17, 15) is 0 Å². The number of hydrogen-bond donors (Lipinski definition) is 0. The molecule has 0 aromatic carbocycles. The predicted octanol–water partition coefficient (Wildman–Crippen LogP) is 4.79. The van der Waals surface area contributed by atoms with Gasteiger partial charge in [-0.3, -0.25) is 0 Å². The number of unbranched alkanes of at least 4 members (excludes halogenated alkanes) is 2. The molecule has 1 nitrogen and oxygen atoms in total. The molecular weight excluding hydrogens is 194 g/mol. The quantitative estimate of drug-likeness (QED) is 0.424. The van der Waals surface area contributed by atoms with Crippen molar-refractivity contribution in [1.29, 1.82) is 5.26 Å². The maximum atomic E-state index is 8.73. The van der Waals surface area contributed by atoms with Crippen LogP contribution in [0.15, 0.2) is 36.5 Å². The van der Waals surface area contributed by atoms with Crippen LogP contribution in [0.1, 0.15) is 46.0 Å². The summed E-state index contributed by atoms with van der Waals surface area (Å²) in [5, 5.41) is 8.73. The standard InChI is InChI=1S/C15H23N/c1-3-5-6-7-8-9-10-11-12-13-15(4-2)14-16/h3,5,8-9,12-13,15H,4,6-7,10-11H2,1-2H3. The minimum absolute atomic E-state index is 0.0960. The van der Waals surface area contributed by atoms with Gasteiger partial charge in [-0.1, -0.05) is 43.4 Å². The third-order valence-electron chi connectivity index (χ3n) is 2.38. The predicted molar refractivity (Wildman–Crippen MR) is 71.0 cm³/mol. The lowest BCUT2D eigenvalue weighted by atomic mass is 10.1. The fourth-order valence-corrected chi connectivity index (χ4v) is 1.32. The number of allylic oxidation sites excluding steroid dienone is 6. The number of hydrogen-bond acceptors (Lipinski definition) is 1. The van der Waals surface area contributed by atoms with Crippen LogP contribution in [-0.2, 0) is 0 Å². The summed E-state index contributed by atoms with van der Waals surface area (Å²) in [5.41, 5.74) is 0. The van der Waals surface area contributed by atoms with Gasteiger partial charge in [0.2, 0.25) is 0 Å². The molecule has 0 amide bonds. The first-order valence-electron chi connectivity index (χ1n) is 6.17. The highest BCUT2D eigenvalue weighted by Crippen LogP contribution is 2.04. The second-order valence-electron chi connectivity index (χ2n) is 3.77. The lowest BCUT2D eigenvalue weighted by Gasteiger charge is -1.95. The average molecular weight is 217 g/mol. The van der Waals surface area contributed by atoms with Crippen molar-refractivity contribution >= 4 is 0 Å². The van der Waals surface area contributed by atoms with Gasteiger partial charge >= 0.3 is 0 Å². The molecule has 0 aliphatic rings. The zero-order chi connectivity index (χ0) is 12.1. The van der Waals surface area contributed by atoms with Crippen molar-refractivity contribution in [3.63, 3.8) is 0 Å². The first kappa shape index (κ1) is 14.7. The smallest absolute Gasteiger partial charge is 0.0697 e. The van der Waals surface area contributed by atoms with Crippen molar-refractivity contribution in [2.24, 2.45) is 5.92 Å². The van der Waals surface area contributed by atoms with Crippen molar-refractivity contribution in [3.8, 4) is 6.07 Å². The minimum Gasteiger partial charge on any atom is -0.198 e. The Balaban J connectivity index is 3.49. The van der Waals surface area contributed by atoms with E-state index in [2.05, 4.69) is 36.4 Å². The van der Waals surface area contributed by atoms with Crippen LogP contribution in [0.3, 0.4) is 0 Å². The molecule has 0 N–H and O–H groups in total. The Morgan fingerprint density at radius 1 is 1.00 bits per heavy atom. The summed E-state index contributed by atoms with van der Waals surface area (Å²) in [6.07, 6.45) is 18.2. The van der Waals surface area contributed by atoms with Crippen LogP contribution in [0, 0.1) is 17.2 Å². The first-order valence-corrected chi connectivity index (χ1v) is 6.17. The summed E-state index contributed by atoms with van der Waals surface area (Å²) in [6, 6.07) is 2.26. The third-order valence-corrected chi connectivity index (χ3v) is 2.38. The lowest BCUT2D eigenvalue weighted by molar-refractivity contribution is 0.783. The van der Waals surface area contributed by atoms with E-state index in [0.717, 1.165) is 32.1 Å². The molecule has 0 saturated heterocycles. The second kappa shape index (κ2) is 11.8. The average Bonchev–Trinajstić information content (AvgIpc) is 2.32. The molecule has 0 rings (SSSR count). The molecule has 16 heavy (non-hydrogen) atoms. The molecule has 0 aromatic heterocycles. The second-order valence-corrected chi connectivity index (χ2v) is 3.77. The van der Waals surface area contributed by atoms with Gasteiger partial charge in [0.15, 0.2) is 0 Å². The molecule has 0 bridgehead atoms. The Morgan fingerprint density at radius 2 is 1.56 bits per heavy atom. The van der Waals surface area contributed by atoms with E-state index in [1.165, 1.54) is 0 Å². The van der Waals surface area contributed by atoms with Crippen LogP contribution >= 0.6 is 0 Å². The van der Waals surface area contributed by atoms with Gasteiger partial charge in [0.1, 0.15) is 0 Å². The summed E-state index contributed by atoms with van der Waals surface area (Å²) in [7, 11) is 0. The summed E-state index contributed by atoms with van der Waals surface area (Å²) in [4.78, 5) is 0. The van der Waals surface area contributed by atoms with Crippen molar-refractivity contribution < 1.29 is 0 Å². The molecule has 88 valence electrons.